The summed E-state index contributed by atoms with van der Waals surface area (Å²) in [7, 11) is 0. The molecule has 0 fully saturated rings. The largest absolute Gasteiger partial charge is 0.366 e. The summed E-state index contributed by atoms with van der Waals surface area (Å²) in [6, 6.07) is 12.1. The van der Waals surface area contributed by atoms with Gasteiger partial charge < -0.3 is 5.73 Å². The van der Waals surface area contributed by atoms with E-state index in [1.54, 1.807) is 0 Å². The molecule has 0 saturated heterocycles. The molecule has 2 N–H and O–H groups in total. The zero-order chi connectivity index (χ0) is 15.1. The molecule has 0 heterocycles. The van der Waals surface area contributed by atoms with Gasteiger partial charge in [-0.25, -0.2) is 0 Å². The number of hydrogen-bond donors (Lipinski definition) is 1. The van der Waals surface area contributed by atoms with Crippen molar-refractivity contribution in [3.63, 3.8) is 0 Å². The Morgan fingerprint density at radius 3 is 2.43 bits per heavy atom. The second-order valence-corrected chi connectivity index (χ2v) is 5.70. The van der Waals surface area contributed by atoms with E-state index in [9.17, 15) is 4.79 Å². The highest BCUT2D eigenvalue weighted by Gasteiger charge is 2.12. The first-order valence-electron chi connectivity index (χ1n) is 8.04. The zero-order valence-electron chi connectivity index (χ0n) is 12.9. The van der Waals surface area contributed by atoms with Crippen LogP contribution in [0.3, 0.4) is 0 Å². The van der Waals surface area contributed by atoms with Gasteiger partial charge in [-0.05, 0) is 29.2 Å². The van der Waals surface area contributed by atoms with Crippen LogP contribution in [0.2, 0.25) is 0 Å². The molecular weight excluding hydrogens is 258 g/mol. The molecule has 0 aromatic heterocycles. The van der Waals surface area contributed by atoms with Gasteiger partial charge in [0.25, 0.3) is 0 Å². The van der Waals surface area contributed by atoms with E-state index in [4.69, 9.17) is 5.73 Å². The van der Waals surface area contributed by atoms with Gasteiger partial charge in [0.15, 0.2) is 0 Å². The van der Waals surface area contributed by atoms with Crippen molar-refractivity contribution in [3.8, 4) is 0 Å². The van der Waals surface area contributed by atoms with Crippen molar-refractivity contribution in [1.82, 2.24) is 0 Å². The maximum Gasteiger partial charge on any atom is 0.249 e. The summed E-state index contributed by atoms with van der Waals surface area (Å²) in [4.78, 5) is 11.8. The van der Waals surface area contributed by atoms with Crippen LogP contribution in [0.1, 0.15) is 61.4 Å². The summed E-state index contributed by atoms with van der Waals surface area (Å²) < 4.78 is 0. The van der Waals surface area contributed by atoms with Crippen LogP contribution in [-0.2, 0) is 6.42 Å². The Morgan fingerprint density at radius 2 is 1.67 bits per heavy atom. The monoisotopic (exact) mass is 283 g/mol. The maximum absolute atomic E-state index is 11.8. The molecule has 2 rings (SSSR count). The van der Waals surface area contributed by atoms with E-state index in [1.165, 1.54) is 32.1 Å². The molecule has 1 amide bonds. The predicted molar refractivity (Wildman–Crippen MR) is 89.5 cm³/mol. The van der Waals surface area contributed by atoms with Gasteiger partial charge in [-0.3, -0.25) is 4.79 Å². The fraction of sp³-hybridized carbons (Fsp3) is 0.421. The number of carbonyl (C=O) groups excluding carboxylic acids is 1. The maximum atomic E-state index is 11.8. The first kappa shape index (κ1) is 15.6. The van der Waals surface area contributed by atoms with Crippen molar-refractivity contribution in [3.05, 3.63) is 47.5 Å². The minimum Gasteiger partial charge on any atom is -0.366 e. The Kier molecular flexibility index (Phi) is 5.79. The van der Waals surface area contributed by atoms with E-state index in [0.29, 0.717) is 5.56 Å². The molecule has 112 valence electrons. The molecule has 0 atom stereocenters. The molecular formula is C19H25NO. The van der Waals surface area contributed by atoms with Crippen LogP contribution in [0.25, 0.3) is 10.8 Å². The van der Waals surface area contributed by atoms with Gasteiger partial charge in [-0.2, -0.15) is 0 Å². The van der Waals surface area contributed by atoms with Crippen molar-refractivity contribution >= 4 is 16.7 Å². The van der Waals surface area contributed by atoms with E-state index in [0.717, 1.165) is 29.2 Å². The van der Waals surface area contributed by atoms with Crippen molar-refractivity contribution in [2.45, 2.75) is 51.9 Å². The van der Waals surface area contributed by atoms with Gasteiger partial charge in [-0.15, -0.1) is 0 Å². The molecule has 21 heavy (non-hydrogen) atoms. The number of unbranched alkanes of at least 4 members (excludes halogenated alkanes) is 5. The van der Waals surface area contributed by atoms with Crippen molar-refractivity contribution in [2.75, 3.05) is 0 Å². The minimum atomic E-state index is -0.312. The number of amides is 1. The zero-order valence-corrected chi connectivity index (χ0v) is 12.9. The molecule has 0 spiro atoms. The predicted octanol–water partition coefficient (Wildman–Crippen LogP) is 4.84. The molecule has 2 heteroatoms. The molecule has 2 aromatic carbocycles. The second kappa shape index (κ2) is 7.82. The van der Waals surface area contributed by atoms with E-state index >= 15 is 0 Å². The Balaban J connectivity index is 2.09. The Morgan fingerprint density at radius 1 is 0.952 bits per heavy atom. The summed E-state index contributed by atoms with van der Waals surface area (Å²) in [5.74, 6) is -0.312. The lowest BCUT2D eigenvalue weighted by molar-refractivity contribution is 0.100. The number of carbonyl (C=O) groups is 1. The average Bonchev–Trinajstić information content (AvgIpc) is 2.50. The van der Waals surface area contributed by atoms with Crippen molar-refractivity contribution in [1.29, 1.82) is 0 Å². The number of fused-ring (bicyclic) bond motifs is 1. The first-order valence-corrected chi connectivity index (χ1v) is 8.04. The fourth-order valence-electron chi connectivity index (χ4n) is 2.91. The van der Waals surface area contributed by atoms with Crippen LogP contribution in [-0.4, -0.2) is 5.91 Å². The summed E-state index contributed by atoms with van der Waals surface area (Å²) in [5.41, 5.74) is 7.42. The third-order valence-electron chi connectivity index (χ3n) is 4.06. The molecule has 0 bridgehead atoms. The summed E-state index contributed by atoms with van der Waals surface area (Å²) in [5, 5.41) is 2.06. The van der Waals surface area contributed by atoms with E-state index < -0.39 is 0 Å². The number of primary amides is 1. The average molecular weight is 283 g/mol. The van der Waals surface area contributed by atoms with Crippen LogP contribution in [0.5, 0.6) is 0 Å². The Labute approximate surface area is 127 Å². The van der Waals surface area contributed by atoms with E-state index in [1.807, 2.05) is 24.3 Å². The topological polar surface area (TPSA) is 43.1 Å². The third kappa shape index (κ3) is 4.07. The molecule has 0 saturated carbocycles. The Bertz CT molecular complexity index is 604. The lowest BCUT2D eigenvalue weighted by atomic mass is 9.94. The van der Waals surface area contributed by atoms with Crippen LogP contribution in [0.15, 0.2) is 36.4 Å². The normalized spacial score (nSPS) is 10.9. The SMILES string of the molecule is CCCCCCCCc1ccc2ccccc2c1C(N)=O. The first-order chi connectivity index (χ1) is 10.2. The molecule has 0 radical (unpaired) electrons. The number of benzene rings is 2. The van der Waals surface area contributed by atoms with Gasteiger partial charge in [-0.1, -0.05) is 75.4 Å². The third-order valence-corrected chi connectivity index (χ3v) is 4.06. The fourth-order valence-corrected chi connectivity index (χ4v) is 2.91. The second-order valence-electron chi connectivity index (χ2n) is 5.70. The number of hydrogen-bond acceptors (Lipinski definition) is 1. The summed E-state index contributed by atoms with van der Waals surface area (Å²) in [6.07, 6.45) is 8.49. The quantitative estimate of drug-likeness (QED) is 0.692. The van der Waals surface area contributed by atoms with Crippen LogP contribution < -0.4 is 5.73 Å². The van der Waals surface area contributed by atoms with Crippen molar-refractivity contribution < 1.29 is 4.79 Å². The molecule has 0 aliphatic heterocycles. The van der Waals surface area contributed by atoms with Gasteiger partial charge in [0.2, 0.25) is 5.91 Å². The summed E-state index contributed by atoms with van der Waals surface area (Å²) in [6.45, 7) is 2.23. The molecule has 2 nitrogen and oxygen atoms in total. The van der Waals surface area contributed by atoms with E-state index in [-0.39, 0.29) is 5.91 Å². The lowest BCUT2D eigenvalue weighted by Gasteiger charge is -2.10. The van der Waals surface area contributed by atoms with Gasteiger partial charge in [0.05, 0.1) is 5.56 Å². The number of rotatable bonds is 8. The standard InChI is InChI=1S/C19H25NO/c1-2-3-4-5-6-7-11-16-14-13-15-10-8-9-12-17(15)18(16)19(20)21/h8-10,12-14H,2-7,11H2,1H3,(H2,20,21). The van der Waals surface area contributed by atoms with Gasteiger partial charge in [0.1, 0.15) is 0 Å². The van der Waals surface area contributed by atoms with E-state index in [2.05, 4.69) is 19.1 Å². The Hall–Kier alpha value is -1.83. The van der Waals surface area contributed by atoms with Gasteiger partial charge >= 0.3 is 0 Å². The molecule has 2 aromatic rings. The highest BCUT2D eigenvalue weighted by atomic mass is 16.1. The molecule has 0 aliphatic rings. The number of aryl methyl sites for hydroxylation is 1. The summed E-state index contributed by atoms with van der Waals surface area (Å²) >= 11 is 0. The van der Waals surface area contributed by atoms with Crippen LogP contribution in [0.4, 0.5) is 0 Å². The lowest BCUT2D eigenvalue weighted by Crippen LogP contribution is -2.14. The molecule has 0 aliphatic carbocycles. The van der Waals surface area contributed by atoms with Gasteiger partial charge in [0, 0.05) is 0 Å². The minimum absolute atomic E-state index is 0.312. The van der Waals surface area contributed by atoms with Crippen LogP contribution in [0, 0.1) is 0 Å². The number of nitrogens with two attached hydrogens (primary N) is 1. The van der Waals surface area contributed by atoms with Crippen LogP contribution >= 0.6 is 0 Å². The smallest absolute Gasteiger partial charge is 0.249 e. The molecule has 0 unspecified atom stereocenters. The van der Waals surface area contributed by atoms with Crippen molar-refractivity contribution in [2.24, 2.45) is 5.73 Å². The highest BCUT2D eigenvalue weighted by molar-refractivity contribution is 6.07. The highest BCUT2D eigenvalue weighted by Crippen LogP contribution is 2.24.